The maximum atomic E-state index is 12.6. The van der Waals surface area contributed by atoms with Gasteiger partial charge in [0.15, 0.2) is 6.10 Å². The standard InChI is InChI=1S/C20H16O4/c21-19(24-18-9-4-10-23-20(18)22)16-8-3-7-15-11-13-5-1-2-6-14(13)12-17(15)16/h1-3,5-8,11-12,18H,4,9-10H2. The highest BCUT2D eigenvalue weighted by Crippen LogP contribution is 2.26. The Kier molecular flexibility index (Phi) is 3.65. The average molecular weight is 320 g/mol. The van der Waals surface area contributed by atoms with Gasteiger partial charge in [0.1, 0.15) is 0 Å². The first kappa shape index (κ1) is 14.7. The molecule has 0 aromatic heterocycles. The summed E-state index contributed by atoms with van der Waals surface area (Å²) in [5.74, 6) is -0.944. The van der Waals surface area contributed by atoms with E-state index in [0.717, 1.165) is 21.5 Å². The minimum absolute atomic E-state index is 0.396. The summed E-state index contributed by atoms with van der Waals surface area (Å²) in [4.78, 5) is 24.3. The molecule has 1 unspecified atom stereocenters. The van der Waals surface area contributed by atoms with Gasteiger partial charge < -0.3 is 9.47 Å². The summed E-state index contributed by atoms with van der Waals surface area (Å²) in [5, 5.41) is 3.97. The van der Waals surface area contributed by atoms with Gasteiger partial charge in [0.25, 0.3) is 0 Å². The monoisotopic (exact) mass is 320 g/mol. The van der Waals surface area contributed by atoms with Crippen LogP contribution in [0.4, 0.5) is 0 Å². The Balaban J connectivity index is 1.74. The Labute approximate surface area is 139 Å². The van der Waals surface area contributed by atoms with Gasteiger partial charge >= 0.3 is 11.9 Å². The zero-order valence-electron chi connectivity index (χ0n) is 13.0. The molecule has 1 aliphatic heterocycles. The van der Waals surface area contributed by atoms with Crippen molar-refractivity contribution in [2.75, 3.05) is 6.61 Å². The first-order chi connectivity index (χ1) is 11.7. The van der Waals surface area contributed by atoms with Gasteiger partial charge in [-0.15, -0.1) is 0 Å². The molecule has 1 saturated heterocycles. The molecular formula is C20H16O4. The highest BCUT2D eigenvalue weighted by Gasteiger charge is 2.28. The second-order valence-electron chi connectivity index (χ2n) is 5.93. The van der Waals surface area contributed by atoms with Gasteiger partial charge in [0, 0.05) is 0 Å². The molecule has 0 N–H and O–H groups in total. The van der Waals surface area contributed by atoms with Crippen molar-refractivity contribution in [1.82, 2.24) is 0 Å². The lowest BCUT2D eigenvalue weighted by Gasteiger charge is -2.21. The highest BCUT2D eigenvalue weighted by molar-refractivity contribution is 6.09. The smallest absolute Gasteiger partial charge is 0.347 e. The summed E-state index contributed by atoms with van der Waals surface area (Å²) in [5.41, 5.74) is 0.469. The fraction of sp³-hybridized carbons (Fsp3) is 0.200. The van der Waals surface area contributed by atoms with Crippen LogP contribution in [0.15, 0.2) is 54.6 Å². The molecule has 0 radical (unpaired) electrons. The Morgan fingerprint density at radius 1 is 1.00 bits per heavy atom. The number of cyclic esters (lactones) is 1. The number of esters is 2. The lowest BCUT2D eigenvalue weighted by Crippen LogP contribution is -2.33. The van der Waals surface area contributed by atoms with Crippen molar-refractivity contribution in [2.24, 2.45) is 0 Å². The van der Waals surface area contributed by atoms with Crippen molar-refractivity contribution in [3.05, 3.63) is 60.2 Å². The minimum atomic E-state index is -0.804. The highest BCUT2D eigenvalue weighted by atomic mass is 16.6. The number of fused-ring (bicyclic) bond motifs is 2. The molecule has 1 heterocycles. The molecule has 4 nitrogen and oxygen atoms in total. The largest absolute Gasteiger partial charge is 0.463 e. The van der Waals surface area contributed by atoms with Gasteiger partial charge in [-0.2, -0.15) is 0 Å². The third kappa shape index (κ3) is 2.60. The van der Waals surface area contributed by atoms with Crippen molar-refractivity contribution in [3.63, 3.8) is 0 Å². The van der Waals surface area contributed by atoms with E-state index in [2.05, 4.69) is 6.07 Å². The molecule has 4 rings (SSSR count). The third-order valence-corrected chi connectivity index (χ3v) is 4.33. The van der Waals surface area contributed by atoms with Gasteiger partial charge in [-0.3, -0.25) is 0 Å². The minimum Gasteiger partial charge on any atom is -0.463 e. The fourth-order valence-electron chi connectivity index (χ4n) is 3.10. The van der Waals surface area contributed by atoms with Crippen LogP contribution in [-0.4, -0.2) is 24.6 Å². The van der Waals surface area contributed by atoms with Crippen LogP contribution in [-0.2, 0) is 14.3 Å². The lowest BCUT2D eigenvalue weighted by atomic mass is 10.00. The third-order valence-electron chi connectivity index (χ3n) is 4.33. The first-order valence-electron chi connectivity index (χ1n) is 8.01. The quantitative estimate of drug-likeness (QED) is 0.531. The van der Waals surface area contributed by atoms with Crippen LogP contribution in [0.25, 0.3) is 21.5 Å². The molecule has 120 valence electrons. The molecule has 3 aromatic rings. The summed E-state index contributed by atoms with van der Waals surface area (Å²) in [6, 6.07) is 17.6. The number of carbonyl (C=O) groups is 2. The molecule has 0 saturated carbocycles. The Bertz CT molecular complexity index is 945. The molecule has 0 spiro atoms. The zero-order chi connectivity index (χ0) is 16.5. The molecule has 4 heteroatoms. The van der Waals surface area contributed by atoms with E-state index in [1.54, 1.807) is 6.07 Å². The van der Waals surface area contributed by atoms with Crippen LogP contribution in [0.2, 0.25) is 0 Å². The van der Waals surface area contributed by atoms with E-state index >= 15 is 0 Å². The second kappa shape index (κ2) is 5.96. The van der Waals surface area contributed by atoms with Crippen LogP contribution in [0.5, 0.6) is 0 Å². The topological polar surface area (TPSA) is 52.6 Å². The maximum Gasteiger partial charge on any atom is 0.347 e. The fourth-order valence-corrected chi connectivity index (χ4v) is 3.10. The molecule has 1 atom stereocenters. The van der Waals surface area contributed by atoms with Crippen molar-refractivity contribution >= 4 is 33.5 Å². The SMILES string of the molecule is O=C(OC1CCCOC1=O)c1cccc2cc3ccccc3cc12. The van der Waals surface area contributed by atoms with Crippen LogP contribution in [0, 0.1) is 0 Å². The molecule has 0 bridgehead atoms. The van der Waals surface area contributed by atoms with Gasteiger partial charge in [0.05, 0.1) is 12.2 Å². The summed E-state index contributed by atoms with van der Waals surface area (Å²) in [7, 11) is 0. The van der Waals surface area contributed by atoms with Crippen molar-refractivity contribution < 1.29 is 19.1 Å². The number of ether oxygens (including phenoxy) is 2. The number of hydrogen-bond acceptors (Lipinski definition) is 4. The molecule has 1 fully saturated rings. The van der Waals surface area contributed by atoms with Crippen molar-refractivity contribution in [3.8, 4) is 0 Å². The van der Waals surface area contributed by atoms with Crippen LogP contribution in [0.3, 0.4) is 0 Å². The van der Waals surface area contributed by atoms with Crippen molar-refractivity contribution in [1.29, 1.82) is 0 Å². The lowest BCUT2D eigenvalue weighted by molar-refractivity contribution is -0.159. The predicted octanol–water partition coefficient (Wildman–Crippen LogP) is 3.86. The van der Waals surface area contributed by atoms with Crippen LogP contribution >= 0.6 is 0 Å². The summed E-state index contributed by atoms with van der Waals surface area (Å²) in [6.45, 7) is 0.396. The first-order valence-corrected chi connectivity index (χ1v) is 8.01. The number of carbonyl (C=O) groups excluding carboxylic acids is 2. The molecule has 1 aliphatic rings. The normalized spacial score (nSPS) is 17.7. The number of rotatable bonds is 2. The Hall–Kier alpha value is -2.88. The molecule has 0 amide bonds. The van der Waals surface area contributed by atoms with Crippen LogP contribution < -0.4 is 0 Å². The van der Waals surface area contributed by atoms with Gasteiger partial charge in [-0.1, -0.05) is 36.4 Å². The molecular weight excluding hydrogens is 304 g/mol. The molecule has 24 heavy (non-hydrogen) atoms. The second-order valence-corrected chi connectivity index (χ2v) is 5.93. The van der Waals surface area contributed by atoms with Gasteiger partial charge in [-0.05, 0) is 52.6 Å². The number of hydrogen-bond donors (Lipinski definition) is 0. The van der Waals surface area contributed by atoms with E-state index in [1.807, 2.05) is 42.5 Å². The summed E-state index contributed by atoms with van der Waals surface area (Å²) < 4.78 is 10.4. The van der Waals surface area contributed by atoms with E-state index in [0.29, 0.717) is 25.0 Å². The molecule has 3 aromatic carbocycles. The Morgan fingerprint density at radius 3 is 2.54 bits per heavy atom. The molecule has 0 aliphatic carbocycles. The van der Waals surface area contributed by atoms with E-state index in [-0.39, 0.29) is 0 Å². The van der Waals surface area contributed by atoms with Gasteiger partial charge in [-0.25, -0.2) is 9.59 Å². The Morgan fingerprint density at radius 2 is 1.75 bits per heavy atom. The predicted molar refractivity (Wildman–Crippen MR) is 90.9 cm³/mol. The van der Waals surface area contributed by atoms with Gasteiger partial charge in [0.2, 0.25) is 0 Å². The maximum absolute atomic E-state index is 12.6. The summed E-state index contributed by atoms with van der Waals surface area (Å²) >= 11 is 0. The number of benzene rings is 3. The van der Waals surface area contributed by atoms with Crippen molar-refractivity contribution in [2.45, 2.75) is 18.9 Å². The zero-order valence-corrected chi connectivity index (χ0v) is 13.0. The van der Waals surface area contributed by atoms with E-state index in [9.17, 15) is 9.59 Å². The van der Waals surface area contributed by atoms with E-state index in [1.165, 1.54) is 0 Å². The summed E-state index contributed by atoms with van der Waals surface area (Å²) in [6.07, 6.45) is 0.421. The van der Waals surface area contributed by atoms with E-state index in [4.69, 9.17) is 9.47 Å². The van der Waals surface area contributed by atoms with Crippen LogP contribution in [0.1, 0.15) is 23.2 Å². The van der Waals surface area contributed by atoms with E-state index < -0.39 is 18.0 Å². The average Bonchev–Trinajstić information content (AvgIpc) is 2.61.